The highest BCUT2D eigenvalue weighted by Crippen LogP contribution is 2.44. The van der Waals surface area contributed by atoms with Crippen molar-refractivity contribution in [2.75, 3.05) is 24.2 Å². The van der Waals surface area contributed by atoms with Crippen molar-refractivity contribution in [3.63, 3.8) is 0 Å². The number of carbonyl (C=O) groups is 4. The molecule has 14 nitrogen and oxygen atoms in total. The van der Waals surface area contributed by atoms with E-state index in [4.69, 9.17) is 37.9 Å². The summed E-state index contributed by atoms with van der Waals surface area (Å²) in [6, 6.07) is 17.8. The fourth-order valence-electron chi connectivity index (χ4n) is 6.24. The number of fused-ring (bicyclic) bond motifs is 2. The summed E-state index contributed by atoms with van der Waals surface area (Å²) in [5, 5.41) is 9.91. The van der Waals surface area contributed by atoms with E-state index in [-0.39, 0.29) is 38.6 Å². The molecule has 2 aromatic carbocycles. The van der Waals surface area contributed by atoms with Crippen LogP contribution in [-0.2, 0) is 38.1 Å². The summed E-state index contributed by atoms with van der Waals surface area (Å²) in [6.45, 7) is 7.24. The highest BCUT2D eigenvalue weighted by Gasteiger charge is 2.58. The molecule has 0 saturated carbocycles. The third-order valence-electron chi connectivity index (χ3n) is 8.74. The van der Waals surface area contributed by atoms with Gasteiger partial charge in [-0.3, -0.25) is 0 Å². The van der Waals surface area contributed by atoms with Gasteiger partial charge < -0.3 is 48.5 Å². The molecule has 2 fully saturated rings. The summed E-state index contributed by atoms with van der Waals surface area (Å²) in [6.07, 6.45) is -1.43. The lowest BCUT2D eigenvalue weighted by Crippen LogP contribution is -2.52. The van der Waals surface area contributed by atoms with Crippen molar-refractivity contribution >= 4 is 57.9 Å². The molecule has 0 spiro atoms. The molecule has 4 aliphatic rings. The second-order valence-electron chi connectivity index (χ2n) is 13.3. The Kier molecular flexibility index (Phi) is 10.3. The van der Waals surface area contributed by atoms with E-state index in [1.54, 1.807) is 64.1 Å². The van der Waals surface area contributed by atoms with Crippen molar-refractivity contribution in [3.05, 3.63) is 81.2 Å². The standard InChI is InChI=1S/2C19H19NO6S/c2*1-11(2)25-17(21)19(9-15(26-18(19)22)16-4-3-7-27-16)20-12-5-6-13-14(8-12)24-10-23-13/h2*3-8,11,15,20H,9-10H2,1-2H3/t15-,19+;15-,19-/m11/s1. The van der Waals surface area contributed by atoms with Gasteiger partial charge in [-0.25, -0.2) is 19.2 Å². The smallest absolute Gasteiger partial charge is 0.344 e. The van der Waals surface area contributed by atoms with Crippen LogP contribution in [0, 0.1) is 0 Å². The van der Waals surface area contributed by atoms with E-state index >= 15 is 0 Å². The number of rotatable bonds is 10. The van der Waals surface area contributed by atoms with E-state index in [0.717, 1.165) is 9.75 Å². The van der Waals surface area contributed by atoms with Crippen molar-refractivity contribution < 1.29 is 57.1 Å². The van der Waals surface area contributed by atoms with Gasteiger partial charge in [-0.2, -0.15) is 0 Å². The van der Waals surface area contributed by atoms with E-state index < -0.39 is 47.2 Å². The molecule has 284 valence electrons. The Bertz CT molecular complexity index is 1870. The molecule has 2 aromatic heterocycles. The molecule has 0 aliphatic carbocycles. The molecule has 8 rings (SSSR count). The largest absolute Gasteiger partial charge is 0.461 e. The van der Waals surface area contributed by atoms with Crippen LogP contribution in [0.5, 0.6) is 23.0 Å². The number of anilines is 2. The van der Waals surface area contributed by atoms with Crippen LogP contribution in [0.3, 0.4) is 0 Å². The Morgan fingerprint density at radius 2 is 1.06 bits per heavy atom. The van der Waals surface area contributed by atoms with Crippen LogP contribution in [0.1, 0.15) is 62.5 Å². The molecular formula is C38H38N2O12S2. The minimum Gasteiger partial charge on any atom is -0.461 e. The molecule has 2 saturated heterocycles. The highest BCUT2D eigenvalue weighted by atomic mass is 32.1. The topological polar surface area (TPSA) is 166 Å². The zero-order chi connectivity index (χ0) is 38.0. The molecule has 2 N–H and O–H groups in total. The van der Waals surface area contributed by atoms with Gasteiger partial charge in [0.15, 0.2) is 23.0 Å². The first-order chi connectivity index (χ1) is 26.0. The van der Waals surface area contributed by atoms with Crippen molar-refractivity contribution in [2.45, 2.75) is 76.0 Å². The van der Waals surface area contributed by atoms with Crippen molar-refractivity contribution in [3.8, 4) is 23.0 Å². The van der Waals surface area contributed by atoms with Crippen LogP contribution in [0.4, 0.5) is 11.4 Å². The number of ether oxygens (including phenoxy) is 8. The van der Waals surface area contributed by atoms with Gasteiger partial charge in [-0.1, -0.05) is 12.1 Å². The number of cyclic esters (lactones) is 2. The molecule has 0 unspecified atom stereocenters. The van der Waals surface area contributed by atoms with Crippen LogP contribution in [0.15, 0.2) is 71.4 Å². The van der Waals surface area contributed by atoms with Gasteiger partial charge in [0.2, 0.25) is 24.7 Å². The maximum atomic E-state index is 12.9. The van der Waals surface area contributed by atoms with Crippen LogP contribution in [0.2, 0.25) is 0 Å². The molecular weight excluding hydrogens is 741 g/mol. The van der Waals surface area contributed by atoms with Gasteiger partial charge in [0, 0.05) is 46.1 Å². The number of thiophene rings is 2. The second-order valence-corrected chi connectivity index (χ2v) is 15.3. The summed E-state index contributed by atoms with van der Waals surface area (Å²) in [4.78, 5) is 53.2. The lowest BCUT2D eigenvalue weighted by Gasteiger charge is -2.26. The highest BCUT2D eigenvalue weighted by molar-refractivity contribution is 7.10. The van der Waals surface area contributed by atoms with E-state index in [0.29, 0.717) is 34.4 Å². The lowest BCUT2D eigenvalue weighted by atomic mass is 9.93. The van der Waals surface area contributed by atoms with Crippen LogP contribution in [0.25, 0.3) is 0 Å². The minimum absolute atomic E-state index is 0.141. The third-order valence-corrected chi connectivity index (χ3v) is 10.7. The number of hydrogen-bond donors (Lipinski definition) is 2. The lowest BCUT2D eigenvalue weighted by molar-refractivity contribution is -0.161. The maximum absolute atomic E-state index is 12.9. The number of carbonyl (C=O) groups excluding carboxylic acids is 4. The summed E-state index contributed by atoms with van der Waals surface area (Å²) in [5.41, 5.74) is -2.15. The van der Waals surface area contributed by atoms with Gasteiger partial charge in [0.1, 0.15) is 12.2 Å². The molecule has 0 bridgehead atoms. The molecule has 4 atom stereocenters. The molecule has 54 heavy (non-hydrogen) atoms. The Morgan fingerprint density at radius 1 is 0.648 bits per heavy atom. The van der Waals surface area contributed by atoms with Crippen LogP contribution >= 0.6 is 22.7 Å². The van der Waals surface area contributed by atoms with E-state index in [1.165, 1.54) is 22.7 Å². The molecule has 0 amide bonds. The third kappa shape index (κ3) is 7.35. The van der Waals surface area contributed by atoms with Crippen molar-refractivity contribution in [2.24, 2.45) is 0 Å². The Balaban J connectivity index is 0.000000167. The monoisotopic (exact) mass is 778 g/mol. The van der Waals surface area contributed by atoms with E-state index in [2.05, 4.69) is 10.6 Å². The van der Waals surface area contributed by atoms with E-state index in [9.17, 15) is 19.2 Å². The fourth-order valence-corrected chi connectivity index (χ4v) is 7.75. The molecule has 16 heteroatoms. The summed E-state index contributed by atoms with van der Waals surface area (Å²) < 4.78 is 43.2. The van der Waals surface area contributed by atoms with Crippen LogP contribution < -0.4 is 29.6 Å². The molecule has 4 aromatic rings. The number of esters is 4. The predicted octanol–water partition coefficient (Wildman–Crippen LogP) is 6.53. The zero-order valence-electron chi connectivity index (χ0n) is 29.8. The fraction of sp³-hybridized carbons (Fsp3) is 0.368. The van der Waals surface area contributed by atoms with Gasteiger partial charge in [0.25, 0.3) is 0 Å². The van der Waals surface area contributed by atoms with Gasteiger partial charge in [0.05, 0.1) is 12.2 Å². The number of hydrogen-bond acceptors (Lipinski definition) is 16. The first kappa shape index (κ1) is 36.9. The average Bonchev–Trinajstić information content (AvgIpc) is 3.98. The quantitative estimate of drug-likeness (QED) is 0.101. The molecule has 0 radical (unpaired) electrons. The Hall–Kier alpha value is -5.48. The van der Waals surface area contributed by atoms with Gasteiger partial charge in [-0.05, 0) is 74.9 Å². The predicted molar refractivity (Wildman–Crippen MR) is 196 cm³/mol. The first-order valence-electron chi connectivity index (χ1n) is 17.2. The SMILES string of the molecule is CC(C)OC(=O)[C@@]1(Nc2ccc3c(c2)OCO3)C[C@H](c2cccs2)OC1=O.CC(C)OC(=O)[C@]1(Nc2ccc3c(c2)OCO3)C[C@H](c2cccs2)OC1=O. The van der Waals surface area contributed by atoms with Crippen LogP contribution in [-0.4, -0.2) is 60.7 Å². The normalized spacial score (nSPS) is 23.4. The van der Waals surface area contributed by atoms with Crippen molar-refractivity contribution in [1.82, 2.24) is 0 Å². The number of benzene rings is 2. The Labute approximate surface area is 318 Å². The van der Waals surface area contributed by atoms with Gasteiger partial charge in [-0.15, -0.1) is 22.7 Å². The minimum atomic E-state index is -1.62. The van der Waals surface area contributed by atoms with Crippen molar-refractivity contribution in [1.29, 1.82) is 0 Å². The zero-order valence-corrected chi connectivity index (χ0v) is 31.4. The summed E-state index contributed by atoms with van der Waals surface area (Å²) in [5.74, 6) is -0.274. The molecule has 6 heterocycles. The number of nitrogens with one attached hydrogen (secondary N) is 2. The molecule has 4 aliphatic heterocycles. The average molecular weight is 779 g/mol. The van der Waals surface area contributed by atoms with Gasteiger partial charge >= 0.3 is 23.9 Å². The summed E-state index contributed by atoms with van der Waals surface area (Å²) in [7, 11) is 0. The second kappa shape index (κ2) is 15.1. The Morgan fingerprint density at radius 3 is 1.43 bits per heavy atom. The van der Waals surface area contributed by atoms with E-state index in [1.807, 2.05) is 35.0 Å². The first-order valence-corrected chi connectivity index (χ1v) is 19.0. The maximum Gasteiger partial charge on any atom is 0.344 e. The summed E-state index contributed by atoms with van der Waals surface area (Å²) >= 11 is 2.96.